The molecule has 0 saturated heterocycles. The lowest BCUT2D eigenvalue weighted by molar-refractivity contribution is 0.670. The van der Waals surface area contributed by atoms with Crippen LogP contribution in [0.1, 0.15) is 0 Å². The Labute approximate surface area is 337 Å². The Morgan fingerprint density at radius 1 is 0.397 bits per heavy atom. The van der Waals surface area contributed by atoms with Gasteiger partial charge in [0.05, 0.1) is 22.6 Å². The zero-order valence-corrected chi connectivity index (χ0v) is 31.9. The molecule has 0 aliphatic heterocycles. The van der Waals surface area contributed by atoms with Crippen molar-refractivity contribution in [2.24, 2.45) is 0 Å². The fourth-order valence-electron chi connectivity index (χ4n) is 8.50. The molecule has 0 atom stereocenters. The summed E-state index contributed by atoms with van der Waals surface area (Å²) in [6.45, 7) is 0. The Balaban J connectivity index is 0.968. The standard InChI is InChI=1S/C53H31N3OS/c1-3-12-34(13-4-1)50-42-28-27-39-43-30-36(26-29-48(43)58-52(39)49(42)40-17-7-9-20-44(40)54-50)32-22-24-33(25-23-32)45-31-46(56-53(55-45)35-14-5-2-6-15-35)41-19-11-18-38-37-16-8-10-21-47(37)57-51(38)41/h1-31H. The van der Waals surface area contributed by atoms with Gasteiger partial charge in [-0.05, 0) is 47.5 Å². The maximum absolute atomic E-state index is 6.45. The first-order valence-corrected chi connectivity index (χ1v) is 20.2. The minimum absolute atomic E-state index is 0.673. The van der Waals surface area contributed by atoms with Gasteiger partial charge in [-0.15, -0.1) is 11.3 Å². The topological polar surface area (TPSA) is 51.8 Å². The van der Waals surface area contributed by atoms with Crippen molar-refractivity contribution in [2.75, 3.05) is 0 Å². The van der Waals surface area contributed by atoms with E-state index in [0.29, 0.717) is 5.82 Å². The molecule has 0 amide bonds. The molecule has 12 aromatic rings. The predicted octanol–water partition coefficient (Wildman–Crippen LogP) is 14.8. The molecule has 0 fully saturated rings. The smallest absolute Gasteiger partial charge is 0.160 e. The maximum Gasteiger partial charge on any atom is 0.160 e. The lowest BCUT2D eigenvalue weighted by Gasteiger charge is -2.11. The second-order valence-corrected chi connectivity index (χ2v) is 15.8. The van der Waals surface area contributed by atoms with Crippen LogP contribution in [0.3, 0.4) is 0 Å². The highest BCUT2D eigenvalue weighted by Gasteiger charge is 2.18. The number of benzene rings is 8. The van der Waals surface area contributed by atoms with E-state index in [1.165, 1.54) is 41.9 Å². The van der Waals surface area contributed by atoms with Crippen molar-refractivity contribution < 1.29 is 4.42 Å². The van der Waals surface area contributed by atoms with Crippen LogP contribution in [0.4, 0.5) is 0 Å². The highest BCUT2D eigenvalue weighted by molar-refractivity contribution is 7.26. The summed E-state index contributed by atoms with van der Waals surface area (Å²) in [6, 6.07) is 66.0. The molecule has 12 rings (SSSR count). The molecule has 0 aliphatic rings. The number of pyridine rings is 1. The van der Waals surface area contributed by atoms with E-state index >= 15 is 0 Å². The summed E-state index contributed by atoms with van der Waals surface area (Å²) >= 11 is 1.87. The molecule has 0 saturated carbocycles. The highest BCUT2D eigenvalue weighted by Crippen LogP contribution is 2.44. The van der Waals surface area contributed by atoms with Gasteiger partial charge >= 0.3 is 0 Å². The highest BCUT2D eigenvalue weighted by atomic mass is 32.1. The monoisotopic (exact) mass is 757 g/mol. The fraction of sp³-hybridized carbons (Fsp3) is 0. The van der Waals surface area contributed by atoms with E-state index in [4.69, 9.17) is 19.4 Å². The van der Waals surface area contributed by atoms with Gasteiger partial charge in [0.25, 0.3) is 0 Å². The summed E-state index contributed by atoms with van der Waals surface area (Å²) in [5.74, 6) is 0.673. The first kappa shape index (κ1) is 32.7. The molecule has 8 aromatic carbocycles. The summed E-state index contributed by atoms with van der Waals surface area (Å²) in [5.41, 5.74) is 11.8. The first-order valence-electron chi connectivity index (χ1n) is 19.4. The van der Waals surface area contributed by atoms with Gasteiger partial charge < -0.3 is 4.42 Å². The van der Waals surface area contributed by atoms with Crippen LogP contribution in [-0.4, -0.2) is 15.0 Å². The van der Waals surface area contributed by atoms with Crippen molar-refractivity contribution in [2.45, 2.75) is 0 Å². The van der Waals surface area contributed by atoms with Gasteiger partial charge in [0.15, 0.2) is 5.82 Å². The number of rotatable bonds is 5. The predicted molar refractivity (Wildman–Crippen MR) is 242 cm³/mol. The minimum Gasteiger partial charge on any atom is -0.455 e. The van der Waals surface area contributed by atoms with Crippen LogP contribution in [0.2, 0.25) is 0 Å². The average Bonchev–Trinajstić information content (AvgIpc) is 3.87. The first-order chi connectivity index (χ1) is 28.7. The van der Waals surface area contributed by atoms with Crippen LogP contribution in [0.15, 0.2) is 192 Å². The summed E-state index contributed by atoms with van der Waals surface area (Å²) < 4.78 is 9.01. The van der Waals surface area contributed by atoms with E-state index in [1.807, 2.05) is 47.7 Å². The largest absolute Gasteiger partial charge is 0.455 e. The third-order valence-corrected chi connectivity index (χ3v) is 12.5. The number of nitrogens with zero attached hydrogens (tertiary/aromatic N) is 3. The van der Waals surface area contributed by atoms with Gasteiger partial charge in [0, 0.05) is 69.4 Å². The molecule has 4 heterocycles. The summed E-state index contributed by atoms with van der Waals surface area (Å²) in [7, 11) is 0. The third kappa shape index (κ3) is 5.25. The van der Waals surface area contributed by atoms with Gasteiger partial charge in [-0.3, -0.25) is 0 Å². The lowest BCUT2D eigenvalue weighted by Crippen LogP contribution is -1.96. The molecular formula is C53H31N3OS. The quantitative estimate of drug-likeness (QED) is 0.164. The van der Waals surface area contributed by atoms with Gasteiger partial charge in [0.1, 0.15) is 11.2 Å². The molecule has 270 valence electrons. The molecule has 5 heteroatoms. The SMILES string of the molecule is c1ccc(-c2nc(-c3ccc(-c4ccc5sc6c(ccc7c(-c8ccccc8)nc8ccccc8c76)c5c4)cc3)cc(-c3cccc4c3oc3ccccc34)n2)cc1. The van der Waals surface area contributed by atoms with E-state index in [9.17, 15) is 0 Å². The Bertz CT molecular complexity index is 3550. The van der Waals surface area contributed by atoms with Crippen molar-refractivity contribution in [1.82, 2.24) is 15.0 Å². The van der Waals surface area contributed by atoms with Crippen molar-refractivity contribution >= 4 is 75.1 Å². The summed E-state index contributed by atoms with van der Waals surface area (Å²) in [6.07, 6.45) is 0. The Kier molecular flexibility index (Phi) is 7.37. The molecule has 0 bridgehead atoms. The molecule has 0 unspecified atom stereocenters. The van der Waals surface area contributed by atoms with Crippen LogP contribution in [0.5, 0.6) is 0 Å². The second-order valence-electron chi connectivity index (χ2n) is 14.7. The number of aromatic nitrogens is 3. The van der Waals surface area contributed by atoms with Crippen LogP contribution in [-0.2, 0) is 0 Å². The van der Waals surface area contributed by atoms with E-state index in [1.54, 1.807) is 0 Å². The van der Waals surface area contributed by atoms with E-state index in [0.717, 1.165) is 72.4 Å². The zero-order chi connectivity index (χ0) is 38.2. The number of hydrogen-bond acceptors (Lipinski definition) is 5. The molecule has 58 heavy (non-hydrogen) atoms. The molecule has 4 aromatic heterocycles. The van der Waals surface area contributed by atoms with Crippen molar-refractivity contribution in [1.29, 1.82) is 0 Å². The summed E-state index contributed by atoms with van der Waals surface area (Å²) in [4.78, 5) is 15.4. The third-order valence-electron chi connectivity index (χ3n) is 11.3. The van der Waals surface area contributed by atoms with Gasteiger partial charge in [-0.2, -0.15) is 0 Å². The van der Waals surface area contributed by atoms with Crippen LogP contribution in [0, 0.1) is 0 Å². The van der Waals surface area contributed by atoms with Gasteiger partial charge in [-0.25, -0.2) is 15.0 Å². The number of hydrogen-bond donors (Lipinski definition) is 0. The van der Waals surface area contributed by atoms with Gasteiger partial charge in [-0.1, -0.05) is 152 Å². The molecule has 0 radical (unpaired) electrons. The zero-order valence-electron chi connectivity index (χ0n) is 31.1. The van der Waals surface area contributed by atoms with Crippen LogP contribution < -0.4 is 0 Å². The van der Waals surface area contributed by atoms with E-state index in [2.05, 4.69) is 152 Å². The molecule has 0 aliphatic carbocycles. The average molecular weight is 758 g/mol. The van der Waals surface area contributed by atoms with Gasteiger partial charge in [0.2, 0.25) is 0 Å². The van der Waals surface area contributed by atoms with E-state index < -0.39 is 0 Å². The van der Waals surface area contributed by atoms with Crippen molar-refractivity contribution in [3.63, 3.8) is 0 Å². The number of para-hydroxylation sites is 3. The van der Waals surface area contributed by atoms with Crippen molar-refractivity contribution in [3.05, 3.63) is 188 Å². The fourth-order valence-corrected chi connectivity index (χ4v) is 9.74. The second kappa shape index (κ2) is 13.1. The molecular weight excluding hydrogens is 727 g/mol. The van der Waals surface area contributed by atoms with E-state index in [-0.39, 0.29) is 0 Å². The maximum atomic E-state index is 6.45. The Morgan fingerprint density at radius 3 is 1.91 bits per heavy atom. The Morgan fingerprint density at radius 2 is 1.07 bits per heavy atom. The summed E-state index contributed by atoms with van der Waals surface area (Å²) in [5, 5.41) is 8.33. The molecule has 0 N–H and O–H groups in total. The minimum atomic E-state index is 0.673. The number of furan rings is 1. The molecule has 4 nitrogen and oxygen atoms in total. The Hall–Kier alpha value is -7.47. The normalized spacial score (nSPS) is 11.8. The lowest BCUT2D eigenvalue weighted by atomic mass is 9.97. The molecule has 0 spiro atoms. The number of fused-ring (bicyclic) bond motifs is 10. The van der Waals surface area contributed by atoms with Crippen molar-refractivity contribution in [3.8, 4) is 56.3 Å². The van der Waals surface area contributed by atoms with Crippen LogP contribution >= 0.6 is 11.3 Å². The number of thiophene rings is 1. The van der Waals surface area contributed by atoms with Crippen LogP contribution in [0.25, 0.3) is 120 Å².